The standard InChI is InChI=1S/C19H22N4O2S/c20-10-15-11-23(12-16(15)14-6-2-1-3-7-14)13-19-21-17-8-4-5-9-18(17)26(24,25)22-19/h1-9,15-16H,10-13,20H2,(H,21,22)/t15-,16+/m1/s1. The first kappa shape index (κ1) is 17.2. The Labute approximate surface area is 153 Å². The van der Waals surface area contributed by atoms with Crippen LogP contribution in [0, 0.1) is 5.92 Å². The summed E-state index contributed by atoms with van der Waals surface area (Å²) in [5.41, 5.74) is 7.86. The van der Waals surface area contributed by atoms with Crippen molar-refractivity contribution in [3.05, 3.63) is 60.2 Å². The number of para-hydroxylation sites is 1. The van der Waals surface area contributed by atoms with Gasteiger partial charge in [-0.05, 0) is 30.2 Å². The number of hydrogen-bond acceptors (Lipinski definition) is 5. The third kappa shape index (κ3) is 3.25. The van der Waals surface area contributed by atoms with Gasteiger partial charge in [-0.15, -0.1) is 4.40 Å². The highest BCUT2D eigenvalue weighted by atomic mass is 32.2. The molecule has 2 aromatic carbocycles. The number of rotatable bonds is 4. The summed E-state index contributed by atoms with van der Waals surface area (Å²) in [4.78, 5) is 2.46. The Balaban J connectivity index is 1.53. The van der Waals surface area contributed by atoms with E-state index >= 15 is 0 Å². The van der Waals surface area contributed by atoms with Gasteiger partial charge in [0.05, 0.1) is 12.2 Å². The summed E-state index contributed by atoms with van der Waals surface area (Å²) in [5.74, 6) is 1.17. The largest absolute Gasteiger partial charge is 0.341 e. The van der Waals surface area contributed by atoms with Gasteiger partial charge >= 0.3 is 0 Å². The van der Waals surface area contributed by atoms with Crippen LogP contribution in [0.2, 0.25) is 0 Å². The minimum atomic E-state index is -3.64. The van der Waals surface area contributed by atoms with Crippen LogP contribution in [0.3, 0.4) is 0 Å². The Morgan fingerprint density at radius 1 is 1.08 bits per heavy atom. The molecular formula is C19H22N4O2S. The van der Waals surface area contributed by atoms with Gasteiger partial charge < -0.3 is 11.1 Å². The van der Waals surface area contributed by atoms with Gasteiger partial charge in [-0.1, -0.05) is 42.5 Å². The molecule has 1 fully saturated rings. The van der Waals surface area contributed by atoms with Crippen LogP contribution in [0.5, 0.6) is 0 Å². The summed E-state index contributed by atoms with van der Waals surface area (Å²) in [6.07, 6.45) is 0. The Kier molecular flexibility index (Phi) is 4.52. The highest BCUT2D eigenvalue weighted by Gasteiger charge is 2.34. The topological polar surface area (TPSA) is 87.8 Å². The summed E-state index contributed by atoms with van der Waals surface area (Å²) in [7, 11) is -3.64. The van der Waals surface area contributed by atoms with Crippen LogP contribution in [0.4, 0.5) is 5.69 Å². The molecule has 2 heterocycles. The number of nitrogens with one attached hydrogen (secondary N) is 1. The number of likely N-dealkylation sites (tertiary alicyclic amines) is 1. The third-order valence-corrected chi connectivity index (χ3v) is 6.47. The van der Waals surface area contributed by atoms with Gasteiger partial charge in [-0.25, -0.2) is 0 Å². The molecule has 0 amide bonds. The molecule has 0 radical (unpaired) electrons. The van der Waals surface area contributed by atoms with Crippen molar-refractivity contribution in [1.82, 2.24) is 4.90 Å². The Morgan fingerprint density at radius 2 is 1.81 bits per heavy atom. The molecule has 7 heteroatoms. The summed E-state index contributed by atoms with van der Waals surface area (Å²) >= 11 is 0. The maximum Gasteiger partial charge on any atom is 0.286 e. The molecule has 3 N–H and O–H groups in total. The first-order valence-electron chi connectivity index (χ1n) is 8.74. The maximum atomic E-state index is 12.4. The van der Waals surface area contributed by atoms with Crippen molar-refractivity contribution < 1.29 is 8.42 Å². The number of sulfonamides is 1. The zero-order valence-corrected chi connectivity index (χ0v) is 15.2. The van der Waals surface area contributed by atoms with Crippen molar-refractivity contribution in [1.29, 1.82) is 0 Å². The van der Waals surface area contributed by atoms with Crippen molar-refractivity contribution in [2.24, 2.45) is 16.0 Å². The van der Waals surface area contributed by atoms with Crippen molar-refractivity contribution in [2.45, 2.75) is 10.8 Å². The van der Waals surface area contributed by atoms with Crippen LogP contribution in [0.25, 0.3) is 0 Å². The molecule has 0 aromatic heterocycles. The number of hydrogen-bond donors (Lipinski definition) is 2. The van der Waals surface area contributed by atoms with Crippen molar-refractivity contribution in [3.8, 4) is 0 Å². The molecule has 0 bridgehead atoms. The van der Waals surface area contributed by atoms with Gasteiger partial charge in [-0.2, -0.15) is 8.42 Å². The molecule has 1 saturated heterocycles. The van der Waals surface area contributed by atoms with E-state index in [1.165, 1.54) is 5.56 Å². The van der Waals surface area contributed by atoms with Crippen LogP contribution in [0.15, 0.2) is 63.9 Å². The SMILES string of the molecule is NC[C@@H]1CN(CC2=NS(=O)(=O)c3ccccc3N2)C[C@H]1c1ccccc1. The molecule has 2 aliphatic rings. The van der Waals surface area contributed by atoms with Gasteiger partial charge in [0.25, 0.3) is 10.0 Å². The van der Waals surface area contributed by atoms with Crippen LogP contribution < -0.4 is 11.1 Å². The summed E-state index contributed by atoms with van der Waals surface area (Å²) in [6, 6.07) is 17.2. The van der Waals surface area contributed by atoms with E-state index in [1.54, 1.807) is 18.2 Å². The van der Waals surface area contributed by atoms with Crippen LogP contribution in [-0.2, 0) is 10.0 Å². The average molecular weight is 370 g/mol. The fourth-order valence-corrected chi connectivity index (χ4v) is 4.99. The molecule has 0 spiro atoms. The highest BCUT2D eigenvalue weighted by molar-refractivity contribution is 7.90. The van der Waals surface area contributed by atoms with Crippen LogP contribution in [-0.4, -0.2) is 45.3 Å². The van der Waals surface area contributed by atoms with Gasteiger partial charge in [0, 0.05) is 19.0 Å². The fraction of sp³-hybridized carbons (Fsp3) is 0.316. The quantitative estimate of drug-likeness (QED) is 0.858. The lowest BCUT2D eigenvalue weighted by Crippen LogP contribution is -2.35. The van der Waals surface area contributed by atoms with Gasteiger partial charge in [0.2, 0.25) is 0 Å². The minimum Gasteiger partial charge on any atom is -0.341 e. The zero-order chi connectivity index (χ0) is 18.1. The minimum absolute atomic E-state index is 0.229. The van der Waals surface area contributed by atoms with Crippen LogP contribution >= 0.6 is 0 Å². The van der Waals surface area contributed by atoms with E-state index in [4.69, 9.17) is 5.73 Å². The molecule has 0 aliphatic carbocycles. The number of fused-ring (bicyclic) bond motifs is 1. The molecule has 26 heavy (non-hydrogen) atoms. The summed E-state index contributed by atoms with van der Waals surface area (Å²) in [5, 5.41) is 3.16. The van der Waals surface area contributed by atoms with Crippen LogP contribution in [0.1, 0.15) is 11.5 Å². The molecular weight excluding hydrogens is 348 g/mol. The van der Waals surface area contributed by atoms with E-state index in [0.717, 1.165) is 13.1 Å². The van der Waals surface area contributed by atoms with Gasteiger partial charge in [-0.3, -0.25) is 4.90 Å². The zero-order valence-electron chi connectivity index (χ0n) is 14.4. The summed E-state index contributed by atoms with van der Waals surface area (Å²) < 4.78 is 28.8. The molecule has 2 aromatic rings. The first-order valence-corrected chi connectivity index (χ1v) is 10.2. The van der Waals surface area contributed by atoms with Gasteiger partial charge in [0.15, 0.2) is 0 Å². The molecule has 2 atom stereocenters. The smallest absolute Gasteiger partial charge is 0.286 e. The molecule has 0 unspecified atom stereocenters. The lowest BCUT2D eigenvalue weighted by atomic mass is 9.89. The molecule has 2 aliphatic heterocycles. The summed E-state index contributed by atoms with van der Waals surface area (Å²) in [6.45, 7) is 2.75. The number of anilines is 1. The second-order valence-electron chi connectivity index (χ2n) is 6.84. The lowest BCUT2D eigenvalue weighted by Gasteiger charge is -2.22. The van der Waals surface area contributed by atoms with Crippen molar-refractivity contribution in [3.63, 3.8) is 0 Å². The Morgan fingerprint density at radius 3 is 2.58 bits per heavy atom. The predicted octanol–water partition coefficient (Wildman–Crippen LogP) is 1.87. The maximum absolute atomic E-state index is 12.4. The number of nitrogens with zero attached hydrogens (tertiary/aromatic N) is 2. The van der Waals surface area contributed by atoms with Crippen molar-refractivity contribution >= 4 is 21.5 Å². The van der Waals surface area contributed by atoms with E-state index in [9.17, 15) is 8.42 Å². The van der Waals surface area contributed by atoms with E-state index in [-0.39, 0.29) is 4.90 Å². The lowest BCUT2D eigenvalue weighted by molar-refractivity contribution is 0.369. The van der Waals surface area contributed by atoms with E-state index in [1.807, 2.05) is 24.3 Å². The third-order valence-electron chi connectivity index (χ3n) is 5.09. The Hall–Kier alpha value is -2.22. The Bertz CT molecular complexity index is 928. The molecule has 136 valence electrons. The molecule has 0 saturated carbocycles. The van der Waals surface area contributed by atoms with Gasteiger partial charge in [0.1, 0.15) is 10.7 Å². The number of nitrogens with two attached hydrogens (primary N) is 1. The first-order chi connectivity index (χ1) is 12.6. The predicted molar refractivity (Wildman–Crippen MR) is 103 cm³/mol. The van der Waals surface area contributed by atoms with E-state index < -0.39 is 10.0 Å². The number of benzene rings is 2. The average Bonchev–Trinajstić information content (AvgIpc) is 3.05. The second-order valence-corrected chi connectivity index (χ2v) is 8.41. The second kappa shape index (κ2) is 6.83. The van der Waals surface area contributed by atoms with Crippen molar-refractivity contribution in [2.75, 3.05) is 31.5 Å². The highest BCUT2D eigenvalue weighted by Crippen LogP contribution is 2.32. The molecule has 6 nitrogen and oxygen atoms in total. The number of amidine groups is 1. The molecule has 4 rings (SSSR count). The fourth-order valence-electron chi connectivity index (χ4n) is 3.85. The monoisotopic (exact) mass is 370 g/mol. The van der Waals surface area contributed by atoms with E-state index in [2.05, 4.69) is 26.7 Å². The normalized spacial score (nSPS) is 24.6. The van der Waals surface area contributed by atoms with E-state index in [0.29, 0.717) is 36.4 Å².